The molecule has 3 rings (SSSR count). The summed E-state index contributed by atoms with van der Waals surface area (Å²) in [4.78, 5) is 14.3. The van der Waals surface area contributed by atoms with Gasteiger partial charge in [-0.05, 0) is 29.8 Å². The van der Waals surface area contributed by atoms with E-state index in [9.17, 15) is 4.79 Å². The van der Waals surface area contributed by atoms with E-state index in [1.807, 2.05) is 18.2 Å². The topological polar surface area (TPSA) is 51.3 Å². The molecule has 1 aromatic heterocycles. The Morgan fingerprint density at radius 1 is 1.06 bits per heavy atom. The van der Waals surface area contributed by atoms with Crippen LogP contribution in [0.5, 0.6) is 11.5 Å². The zero-order chi connectivity index (χ0) is 11.7. The van der Waals surface area contributed by atoms with Gasteiger partial charge in [-0.2, -0.15) is 0 Å². The van der Waals surface area contributed by atoms with E-state index < -0.39 is 0 Å². The molecule has 0 spiro atoms. The summed E-state index contributed by atoms with van der Waals surface area (Å²) in [6, 6.07) is 9.10. The van der Waals surface area contributed by atoms with Gasteiger partial charge in [-0.15, -0.1) is 0 Å². The standard InChI is InChI=1S/C13H11NO3/c15-13-10(2-1-5-14-13)9-3-4-11-12(8-9)17-7-6-16-11/h1-5,8H,6-7H2,(H,14,15). The van der Waals surface area contributed by atoms with Crippen LogP contribution in [0.3, 0.4) is 0 Å². The van der Waals surface area contributed by atoms with Gasteiger partial charge < -0.3 is 14.5 Å². The summed E-state index contributed by atoms with van der Waals surface area (Å²) < 4.78 is 10.9. The largest absolute Gasteiger partial charge is 0.486 e. The number of aromatic amines is 1. The summed E-state index contributed by atoms with van der Waals surface area (Å²) in [5, 5.41) is 0. The lowest BCUT2D eigenvalue weighted by Gasteiger charge is -2.18. The highest BCUT2D eigenvalue weighted by Crippen LogP contribution is 2.33. The van der Waals surface area contributed by atoms with E-state index in [0.29, 0.717) is 24.5 Å². The molecule has 1 aromatic carbocycles. The molecule has 1 N–H and O–H groups in total. The third kappa shape index (κ3) is 1.78. The number of aromatic nitrogens is 1. The summed E-state index contributed by atoms with van der Waals surface area (Å²) in [5.74, 6) is 1.42. The first-order chi connectivity index (χ1) is 8.34. The van der Waals surface area contributed by atoms with E-state index in [1.165, 1.54) is 0 Å². The van der Waals surface area contributed by atoms with Crippen LogP contribution in [0.15, 0.2) is 41.3 Å². The van der Waals surface area contributed by atoms with Crippen molar-refractivity contribution in [2.75, 3.05) is 13.2 Å². The van der Waals surface area contributed by atoms with Gasteiger partial charge in [-0.25, -0.2) is 0 Å². The molecule has 0 unspecified atom stereocenters. The number of benzene rings is 1. The first kappa shape index (κ1) is 9.96. The van der Waals surface area contributed by atoms with Gasteiger partial charge in [0, 0.05) is 11.8 Å². The fraction of sp³-hybridized carbons (Fsp3) is 0.154. The van der Waals surface area contributed by atoms with Crippen LogP contribution in [-0.2, 0) is 0 Å². The van der Waals surface area contributed by atoms with E-state index in [0.717, 1.165) is 11.3 Å². The lowest BCUT2D eigenvalue weighted by molar-refractivity contribution is 0.171. The van der Waals surface area contributed by atoms with Crippen LogP contribution in [-0.4, -0.2) is 18.2 Å². The van der Waals surface area contributed by atoms with Crippen molar-refractivity contribution < 1.29 is 9.47 Å². The minimum atomic E-state index is -0.107. The van der Waals surface area contributed by atoms with E-state index in [-0.39, 0.29) is 5.56 Å². The molecule has 17 heavy (non-hydrogen) atoms. The third-order valence-corrected chi connectivity index (χ3v) is 2.67. The van der Waals surface area contributed by atoms with Crippen LogP contribution in [0.1, 0.15) is 0 Å². The Labute approximate surface area is 97.8 Å². The first-order valence-corrected chi connectivity index (χ1v) is 5.42. The Hall–Kier alpha value is -2.23. The van der Waals surface area contributed by atoms with Gasteiger partial charge in [-0.3, -0.25) is 4.79 Å². The Morgan fingerprint density at radius 3 is 2.71 bits per heavy atom. The average Bonchev–Trinajstić information content (AvgIpc) is 2.39. The van der Waals surface area contributed by atoms with Crippen LogP contribution >= 0.6 is 0 Å². The molecule has 0 radical (unpaired) electrons. The molecular weight excluding hydrogens is 218 g/mol. The van der Waals surface area contributed by atoms with Crippen LogP contribution in [0.2, 0.25) is 0 Å². The normalized spacial score (nSPS) is 13.4. The highest BCUT2D eigenvalue weighted by molar-refractivity contribution is 5.66. The van der Waals surface area contributed by atoms with Crippen molar-refractivity contribution >= 4 is 0 Å². The predicted octanol–water partition coefficient (Wildman–Crippen LogP) is 1.81. The molecule has 0 fully saturated rings. The van der Waals surface area contributed by atoms with Crippen molar-refractivity contribution in [1.29, 1.82) is 0 Å². The Morgan fingerprint density at radius 2 is 1.88 bits per heavy atom. The van der Waals surface area contributed by atoms with Crippen molar-refractivity contribution in [3.8, 4) is 22.6 Å². The quantitative estimate of drug-likeness (QED) is 0.811. The molecule has 1 aliphatic rings. The highest BCUT2D eigenvalue weighted by Gasteiger charge is 2.13. The number of fused-ring (bicyclic) bond motifs is 1. The average molecular weight is 229 g/mol. The predicted molar refractivity (Wildman–Crippen MR) is 63.5 cm³/mol. The number of ether oxygens (including phenoxy) is 2. The van der Waals surface area contributed by atoms with Crippen molar-refractivity contribution in [3.05, 3.63) is 46.9 Å². The number of H-pyrrole nitrogens is 1. The molecule has 4 nitrogen and oxygen atoms in total. The van der Waals surface area contributed by atoms with Gasteiger partial charge in [0.15, 0.2) is 11.5 Å². The van der Waals surface area contributed by atoms with Crippen LogP contribution in [0, 0.1) is 0 Å². The van der Waals surface area contributed by atoms with Crippen molar-refractivity contribution in [1.82, 2.24) is 4.98 Å². The summed E-state index contributed by atoms with van der Waals surface area (Å²) in [5.41, 5.74) is 1.35. The number of hydrogen-bond acceptors (Lipinski definition) is 3. The molecule has 2 aromatic rings. The lowest BCUT2D eigenvalue weighted by atomic mass is 10.1. The maximum Gasteiger partial charge on any atom is 0.255 e. The minimum absolute atomic E-state index is 0.107. The maximum absolute atomic E-state index is 11.7. The van der Waals surface area contributed by atoms with Crippen molar-refractivity contribution in [2.24, 2.45) is 0 Å². The van der Waals surface area contributed by atoms with Gasteiger partial charge in [0.25, 0.3) is 5.56 Å². The van der Waals surface area contributed by atoms with Crippen LogP contribution in [0.25, 0.3) is 11.1 Å². The van der Waals surface area contributed by atoms with Gasteiger partial charge in [0.2, 0.25) is 0 Å². The minimum Gasteiger partial charge on any atom is -0.486 e. The molecule has 86 valence electrons. The molecular formula is C13H11NO3. The molecule has 2 heterocycles. The number of nitrogens with one attached hydrogen (secondary N) is 1. The summed E-state index contributed by atoms with van der Waals surface area (Å²) >= 11 is 0. The van der Waals surface area contributed by atoms with E-state index in [4.69, 9.17) is 9.47 Å². The Kier molecular flexibility index (Phi) is 2.33. The van der Waals surface area contributed by atoms with E-state index in [2.05, 4.69) is 4.98 Å². The second-order valence-corrected chi connectivity index (χ2v) is 3.77. The molecule has 4 heteroatoms. The SMILES string of the molecule is O=c1[nH]cccc1-c1ccc2c(c1)OCCO2. The molecule has 1 aliphatic heterocycles. The molecule has 0 atom stereocenters. The summed E-state index contributed by atoms with van der Waals surface area (Å²) in [6.45, 7) is 1.11. The fourth-order valence-electron chi connectivity index (χ4n) is 1.86. The molecule has 0 bridgehead atoms. The van der Waals surface area contributed by atoms with Crippen molar-refractivity contribution in [3.63, 3.8) is 0 Å². The lowest BCUT2D eigenvalue weighted by Crippen LogP contribution is -2.15. The van der Waals surface area contributed by atoms with Crippen molar-refractivity contribution in [2.45, 2.75) is 0 Å². The Balaban J connectivity index is 2.10. The molecule has 0 amide bonds. The smallest absolute Gasteiger partial charge is 0.255 e. The molecule has 0 saturated carbocycles. The van der Waals surface area contributed by atoms with Crippen LogP contribution < -0.4 is 15.0 Å². The molecule has 0 saturated heterocycles. The number of rotatable bonds is 1. The van der Waals surface area contributed by atoms with Gasteiger partial charge in [0.05, 0.1) is 0 Å². The second-order valence-electron chi connectivity index (χ2n) is 3.77. The zero-order valence-corrected chi connectivity index (χ0v) is 9.10. The number of hydrogen-bond donors (Lipinski definition) is 1. The highest BCUT2D eigenvalue weighted by atomic mass is 16.6. The maximum atomic E-state index is 11.7. The monoisotopic (exact) mass is 229 g/mol. The first-order valence-electron chi connectivity index (χ1n) is 5.42. The summed E-state index contributed by atoms with van der Waals surface area (Å²) in [7, 11) is 0. The summed E-state index contributed by atoms with van der Waals surface area (Å²) in [6.07, 6.45) is 1.61. The van der Waals surface area contributed by atoms with E-state index >= 15 is 0 Å². The fourth-order valence-corrected chi connectivity index (χ4v) is 1.86. The molecule has 0 aliphatic carbocycles. The Bertz CT molecular complexity index is 604. The van der Waals surface area contributed by atoms with E-state index in [1.54, 1.807) is 18.3 Å². The van der Waals surface area contributed by atoms with Gasteiger partial charge in [0.1, 0.15) is 13.2 Å². The van der Waals surface area contributed by atoms with Crippen LogP contribution in [0.4, 0.5) is 0 Å². The van der Waals surface area contributed by atoms with Gasteiger partial charge >= 0.3 is 0 Å². The zero-order valence-electron chi connectivity index (χ0n) is 9.10. The number of pyridine rings is 1. The second kappa shape index (κ2) is 3.97. The van der Waals surface area contributed by atoms with Gasteiger partial charge in [-0.1, -0.05) is 6.07 Å². The third-order valence-electron chi connectivity index (χ3n) is 2.67.